The number of hydrogen-bond acceptors (Lipinski definition) is 4. The van der Waals surface area contributed by atoms with Crippen LogP contribution in [-0.4, -0.2) is 15.0 Å². The quantitative estimate of drug-likeness (QED) is 0.176. The minimum atomic E-state index is -0.617. The molecule has 0 atom stereocenters. The van der Waals surface area contributed by atoms with Crippen LogP contribution in [0.4, 0.5) is 0 Å². The Labute approximate surface area is 335 Å². The third-order valence-corrected chi connectivity index (χ3v) is 12.0. The molecule has 0 unspecified atom stereocenters. The van der Waals surface area contributed by atoms with E-state index in [2.05, 4.69) is 176 Å². The average molecular weight is 740 g/mol. The van der Waals surface area contributed by atoms with Gasteiger partial charge < -0.3 is 4.42 Å². The first-order valence-corrected chi connectivity index (χ1v) is 19.7. The van der Waals surface area contributed by atoms with Gasteiger partial charge in [-0.1, -0.05) is 188 Å². The van der Waals surface area contributed by atoms with Gasteiger partial charge in [0.2, 0.25) is 0 Å². The van der Waals surface area contributed by atoms with Crippen LogP contribution in [0.1, 0.15) is 22.5 Å². The van der Waals surface area contributed by atoms with Gasteiger partial charge in [-0.2, -0.15) is 0 Å². The van der Waals surface area contributed by atoms with Crippen molar-refractivity contribution < 1.29 is 4.42 Å². The zero-order valence-corrected chi connectivity index (χ0v) is 31.3. The lowest BCUT2D eigenvalue weighted by Crippen LogP contribution is -2.25. The first-order valence-electron chi connectivity index (χ1n) is 19.7. The van der Waals surface area contributed by atoms with E-state index in [9.17, 15) is 0 Å². The van der Waals surface area contributed by atoms with E-state index in [1.54, 1.807) is 0 Å². The monoisotopic (exact) mass is 739 g/mol. The average Bonchev–Trinajstić information content (AvgIpc) is 3.93. The SMILES string of the molecule is c1ccc(-c2ccc(-c3nc(-c4ccccc4)nc(-c4ccccc4-c4ccc5c(c4)C4(c6ccccc6-c6ccccc64)c4oc6ccccc6c4-5)n3)cc2)cc1. The zero-order valence-electron chi connectivity index (χ0n) is 31.3. The predicted molar refractivity (Wildman–Crippen MR) is 233 cm³/mol. The molecule has 0 aliphatic heterocycles. The minimum absolute atomic E-state index is 0.617. The zero-order chi connectivity index (χ0) is 38.2. The maximum Gasteiger partial charge on any atom is 0.164 e. The summed E-state index contributed by atoms with van der Waals surface area (Å²) in [4.78, 5) is 15.4. The molecule has 8 aromatic carbocycles. The van der Waals surface area contributed by atoms with Crippen molar-refractivity contribution in [3.63, 3.8) is 0 Å². The Bertz CT molecular complexity index is 3170. The molecule has 4 heteroatoms. The molecular formula is C54H33N3O. The number of hydrogen-bond donors (Lipinski definition) is 0. The number of rotatable bonds is 5. The summed E-state index contributed by atoms with van der Waals surface area (Å²) in [7, 11) is 0. The van der Waals surface area contributed by atoms with E-state index < -0.39 is 5.41 Å². The van der Waals surface area contributed by atoms with Crippen molar-refractivity contribution in [1.29, 1.82) is 0 Å². The molecule has 0 saturated heterocycles. The molecule has 2 aliphatic rings. The van der Waals surface area contributed by atoms with Crippen LogP contribution in [0.3, 0.4) is 0 Å². The molecule has 2 aliphatic carbocycles. The summed E-state index contributed by atoms with van der Waals surface area (Å²) < 4.78 is 7.00. The second-order valence-electron chi connectivity index (χ2n) is 15.1. The van der Waals surface area contributed by atoms with Crippen LogP contribution in [-0.2, 0) is 5.41 Å². The third kappa shape index (κ3) is 4.72. The fraction of sp³-hybridized carbons (Fsp3) is 0.0185. The summed E-state index contributed by atoms with van der Waals surface area (Å²) in [6.45, 7) is 0. The summed E-state index contributed by atoms with van der Waals surface area (Å²) in [5.41, 5.74) is 16.1. The molecule has 0 saturated carbocycles. The number of aromatic nitrogens is 3. The molecule has 2 heterocycles. The van der Waals surface area contributed by atoms with Crippen molar-refractivity contribution in [2.45, 2.75) is 5.41 Å². The molecule has 1 spiro atoms. The second-order valence-corrected chi connectivity index (χ2v) is 15.1. The highest BCUT2D eigenvalue weighted by Crippen LogP contribution is 2.65. The predicted octanol–water partition coefficient (Wildman–Crippen LogP) is 13.3. The van der Waals surface area contributed by atoms with Crippen LogP contribution in [0, 0.1) is 0 Å². The van der Waals surface area contributed by atoms with Gasteiger partial charge in [-0.15, -0.1) is 0 Å². The number of para-hydroxylation sites is 1. The Morgan fingerprint density at radius 3 is 1.50 bits per heavy atom. The maximum atomic E-state index is 7.00. The van der Waals surface area contributed by atoms with E-state index in [0.29, 0.717) is 17.5 Å². The Kier molecular flexibility index (Phi) is 7.11. The number of furan rings is 1. The van der Waals surface area contributed by atoms with Gasteiger partial charge in [0.05, 0.1) is 0 Å². The molecule has 0 amide bonds. The Hall–Kier alpha value is -7.69. The molecule has 0 bridgehead atoms. The van der Waals surface area contributed by atoms with Crippen LogP contribution in [0.5, 0.6) is 0 Å². The third-order valence-electron chi connectivity index (χ3n) is 12.0. The number of nitrogens with zero attached hydrogens (tertiary/aromatic N) is 3. The normalized spacial score (nSPS) is 13.0. The molecule has 0 N–H and O–H groups in total. The largest absolute Gasteiger partial charge is 0.459 e. The summed E-state index contributed by atoms with van der Waals surface area (Å²) in [6.07, 6.45) is 0. The summed E-state index contributed by atoms with van der Waals surface area (Å²) in [6, 6.07) is 70.6. The highest BCUT2D eigenvalue weighted by Gasteiger charge is 2.55. The molecule has 58 heavy (non-hydrogen) atoms. The molecule has 4 nitrogen and oxygen atoms in total. The lowest BCUT2D eigenvalue weighted by molar-refractivity contribution is 0.507. The Morgan fingerprint density at radius 2 is 0.810 bits per heavy atom. The van der Waals surface area contributed by atoms with Gasteiger partial charge in [-0.05, 0) is 67.8 Å². The van der Waals surface area contributed by atoms with Gasteiger partial charge in [0.15, 0.2) is 17.5 Å². The number of benzene rings is 8. The highest BCUT2D eigenvalue weighted by molar-refractivity contribution is 6.05. The van der Waals surface area contributed by atoms with Crippen LogP contribution in [0.15, 0.2) is 205 Å². The van der Waals surface area contributed by atoms with E-state index in [1.807, 2.05) is 24.3 Å². The maximum absolute atomic E-state index is 7.00. The first-order chi connectivity index (χ1) is 28.8. The van der Waals surface area contributed by atoms with E-state index >= 15 is 0 Å². The topological polar surface area (TPSA) is 51.8 Å². The molecule has 2 aromatic heterocycles. The van der Waals surface area contributed by atoms with Crippen LogP contribution in [0.2, 0.25) is 0 Å². The standard InChI is InChI=1S/C54H33N3O/c1-3-15-34(16-4-1)35-27-29-37(30-28-35)52-55-51(36-17-5-2-6-18-36)56-53(57-52)42-22-8-7-19-39(42)38-31-32-43-47(33-38)54(50-49(43)44-23-11-14-26-48(44)58-50)45-24-12-9-20-40(45)41-21-10-13-25-46(41)54/h1-33H. The number of fused-ring (bicyclic) bond motifs is 12. The van der Waals surface area contributed by atoms with Crippen LogP contribution < -0.4 is 0 Å². The van der Waals surface area contributed by atoms with Gasteiger partial charge in [0.25, 0.3) is 0 Å². The van der Waals surface area contributed by atoms with Crippen molar-refractivity contribution >= 4 is 11.0 Å². The second kappa shape index (κ2) is 12.7. The van der Waals surface area contributed by atoms with Crippen molar-refractivity contribution in [3.8, 4) is 78.7 Å². The van der Waals surface area contributed by atoms with E-state index in [-0.39, 0.29) is 0 Å². The summed E-state index contributed by atoms with van der Waals surface area (Å²) >= 11 is 0. The van der Waals surface area contributed by atoms with Crippen LogP contribution in [0.25, 0.3) is 89.6 Å². The van der Waals surface area contributed by atoms with E-state index in [1.165, 1.54) is 44.5 Å². The lowest BCUT2D eigenvalue weighted by Gasteiger charge is -2.28. The van der Waals surface area contributed by atoms with Crippen molar-refractivity contribution in [2.24, 2.45) is 0 Å². The van der Waals surface area contributed by atoms with Crippen molar-refractivity contribution in [2.75, 3.05) is 0 Å². The minimum Gasteiger partial charge on any atom is -0.459 e. The first kappa shape index (κ1) is 32.5. The smallest absolute Gasteiger partial charge is 0.164 e. The molecular weight excluding hydrogens is 707 g/mol. The van der Waals surface area contributed by atoms with Gasteiger partial charge in [0.1, 0.15) is 16.8 Å². The molecule has 10 aromatic rings. The van der Waals surface area contributed by atoms with Crippen LogP contribution >= 0.6 is 0 Å². The van der Waals surface area contributed by atoms with E-state index in [4.69, 9.17) is 19.4 Å². The summed E-state index contributed by atoms with van der Waals surface area (Å²) in [5.74, 6) is 2.86. The summed E-state index contributed by atoms with van der Waals surface area (Å²) in [5, 5.41) is 1.13. The highest BCUT2D eigenvalue weighted by atomic mass is 16.3. The van der Waals surface area contributed by atoms with Gasteiger partial charge in [0, 0.05) is 27.6 Å². The lowest BCUT2D eigenvalue weighted by atomic mass is 9.72. The Morgan fingerprint density at radius 1 is 0.328 bits per heavy atom. The molecule has 0 radical (unpaired) electrons. The van der Waals surface area contributed by atoms with Crippen molar-refractivity contribution in [3.05, 3.63) is 223 Å². The molecule has 0 fully saturated rings. The van der Waals surface area contributed by atoms with E-state index in [0.717, 1.165) is 50.1 Å². The molecule has 12 rings (SSSR count). The fourth-order valence-electron chi connectivity index (χ4n) is 9.42. The fourth-order valence-corrected chi connectivity index (χ4v) is 9.42. The van der Waals surface area contributed by atoms with Crippen molar-refractivity contribution in [1.82, 2.24) is 15.0 Å². The van der Waals surface area contributed by atoms with Gasteiger partial charge in [-0.25, -0.2) is 15.0 Å². The van der Waals surface area contributed by atoms with Gasteiger partial charge >= 0.3 is 0 Å². The molecule has 270 valence electrons. The van der Waals surface area contributed by atoms with Gasteiger partial charge in [-0.3, -0.25) is 0 Å². The Balaban J connectivity index is 1.06.